The molecule has 0 unspecified atom stereocenters. The molecule has 0 amide bonds. The lowest BCUT2D eigenvalue weighted by Gasteiger charge is -2.11. The molecule has 4 heteroatoms. The van der Waals surface area contributed by atoms with Gasteiger partial charge in [-0.15, -0.1) is 0 Å². The average molecular weight is 246 g/mol. The quantitative estimate of drug-likeness (QED) is 0.827. The third-order valence-electron chi connectivity index (χ3n) is 2.63. The number of benzene rings is 1. The minimum absolute atomic E-state index is 0.312. The van der Waals surface area contributed by atoms with Gasteiger partial charge in [0.15, 0.2) is 0 Å². The van der Waals surface area contributed by atoms with Crippen molar-refractivity contribution in [2.75, 3.05) is 7.11 Å². The predicted octanol–water partition coefficient (Wildman–Crippen LogP) is 3.57. The Labute approximate surface area is 107 Å². The summed E-state index contributed by atoms with van der Waals surface area (Å²) in [4.78, 5) is 4.38. The fraction of sp³-hybridized carbons (Fsp3) is 0.357. The minimum Gasteiger partial charge on any atom is -0.497 e. The third kappa shape index (κ3) is 2.64. The Hall–Kier alpha value is -1.97. The van der Waals surface area contributed by atoms with Crippen LogP contribution in [0.15, 0.2) is 30.5 Å². The molecule has 2 aromatic rings. The van der Waals surface area contributed by atoms with Gasteiger partial charge in [-0.3, -0.25) is 4.57 Å². The van der Waals surface area contributed by atoms with Gasteiger partial charge in [-0.25, -0.2) is 4.98 Å². The van der Waals surface area contributed by atoms with Crippen LogP contribution in [-0.2, 0) is 0 Å². The number of hydrogen-bond acceptors (Lipinski definition) is 3. The van der Waals surface area contributed by atoms with Gasteiger partial charge in [0.05, 0.1) is 12.8 Å². The summed E-state index contributed by atoms with van der Waals surface area (Å²) >= 11 is 0. The second-order valence-electron chi connectivity index (χ2n) is 4.45. The molecule has 0 saturated carbocycles. The average Bonchev–Trinajstić information content (AvgIpc) is 2.70. The SMILES string of the molecule is COc1cccc(Oc2nc(C)cn2C(C)C)c1. The number of imidazole rings is 1. The van der Waals surface area contributed by atoms with Crippen LogP contribution in [0, 0.1) is 6.92 Å². The lowest BCUT2D eigenvalue weighted by molar-refractivity contribution is 0.385. The van der Waals surface area contributed by atoms with E-state index in [4.69, 9.17) is 9.47 Å². The van der Waals surface area contributed by atoms with Crippen molar-refractivity contribution in [3.8, 4) is 17.5 Å². The lowest BCUT2D eigenvalue weighted by atomic mass is 10.3. The summed E-state index contributed by atoms with van der Waals surface area (Å²) in [6.45, 7) is 6.15. The minimum atomic E-state index is 0.312. The van der Waals surface area contributed by atoms with Crippen molar-refractivity contribution in [1.29, 1.82) is 0 Å². The van der Waals surface area contributed by atoms with Crippen molar-refractivity contribution in [2.24, 2.45) is 0 Å². The maximum atomic E-state index is 5.81. The molecular formula is C14H18N2O2. The predicted molar refractivity (Wildman–Crippen MR) is 70.4 cm³/mol. The van der Waals surface area contributed by atoms with Gasteiger partial charge >= 0.3 is 6.01 Å². The molecule has 1 aromatic carbocycles. The molecule has 0 aliphatic heterocycles. The van der Waals surface area contributed by atoms with Crippen LogP contribution < -0.4 is 9.47 Å². The standard InChI is InChI=1S/C14H18N2O2/c1-10(2)16-9-11(3)15-14(16)18-13-7-5-6-12(8-13)17-4/h5-10H,1-4H3. The molecule has 0 N–H and O–H groups in total. The Bertz CT molecular complexity index is 532. The zero-order valence-corrected chi connectivity index (χ0v) is 11.2. The zero-order chi connectivity index (χ0) is 13.1. The fourth-order valence-electron chi connectivity index (χ4n) is 1.71. The number of rotatable bonds is 4. The molecule has 0 saturated heterocycles. The van der Waals surface area contributed by atoms with Gasteiger partial charge in [0, 0.05) is 18.3 Å². The van der Waals surface area contributed by atoms with Gasteiger partial charge in [-0.2, -0.15) is 0 Å². The van der Waals surface area contributed by atoms with Crippen molar-refractivity contribution in [3.05, 3.63) is 36.2 Å². The van der Waals surface area contributed by atoms with E-state index in [-0.39, 0.29) is 0 Å². The maximum absolute atomic E-state index is 5.81. The summed E-state index contributed by atoms with van der Waals surface area (Å²) in [5, 5.41) is 0. The second-order valence-corrected chi connectivity index (χ2v) is 4.45. The van der Waals surface area contributed by atoms with Crippen LogP contribution in [-0.4, -0.2) is 16.7 Å². The maximum Gasteiger partial charge on any atom is 0.302 e. The molecule has 0 fully saturated rings. The zero-order valence-electron chi connectivity index (χ0n) is 11.2. The van der Waals surface area contributed by atoms with E-state index < -0.39 is 0 Å². The van der Waals surface area contributed by atoms with E-state index in [0.29, 0.717) is 12.1 Å². The number of aromatic nitrogens is 2. The molecule has 2 rings (SSSR count). The first-order valence-electron chi connectivity index (χ1n) is 5.97. The van der Waals surface area contributed by atoms with Gasteiger partial charge in [0.1, 0.15) is 11.5 Å². The van der Waals surface area contributed by atoms with E-state index in [1.807, 2.05) is 42.0 Å². The summed E-state index contributed by atoms with van der Waals surface area (Å²) in [5.74, 6) is 1.49. The first-order chi connectivity index (χ1) is 8.60. The second kappa shape index (κ2) is 5.12. The monoisotopic (exact) mass is 246 g/mol. The van der Waals surface area contributed by atoms with E-state index >= 15 is 0 Å². The number of methoxy groups -OCH3 is 1. The van der Waals surface area contributed by atoms with E-state index in [9.17, 15) is 0 Å². The molecule has 0 aliphatic rings. The van der Waals surface area contributed by atoms with Crippen molar-refractivity contribution in [3.63, 3.8) is 0 Å². The van der Waals surface area contributed by atoms with Crippen molar-refractivity contribution in [2.45, 2.75) is 26.8 Å². The highest BCUT2D eigenvalue weighted by Gasteiger charge is 2.10. The highest BCUT2D eigenvalue weighted by Crippen LogP contribution is 2.26. The van der Waals surface area contributed by atoms with Gasteiger partial charge in [-0.05, 0) is 32.9 Å². The number of ether oxygens (including phenoxy) is 2. The molecule has 4 nitrogen and oxygen atoms in total. The summed E-state index contributed by atoms with van der Waals surface area (Å²) in [6, 6.07) is 8.42. The summed E-state index contributed by atoms with van der Waals surface area (Å²) in [6.07, 6.45) is 1.99. The van der Waals surface area contributed by atoms with Crippen molar-refractivity contribution < 1.29 is 9.47 Å². The van der Waals surface area contributed by atoms with Gasteiger partial charge < -0.3 is 9.47 Å². The van der Waals surface area contributed by atoms with Crippen molar-refractivity contribution in [1.82, 2.24) is 9.55 Å². The molecule has 0 aliphatic carbocycles. The Morgan fingerprint density at radius 1 is 1.22 bits per heavy atom. The fourth-order valence-corrected chi connectivity index (χ4v) is 1.71. The van der Waals surface area contributed by atoms with E-state index in [1.165, 1.54) is 0 Å². The van der Waals surface area contributed by atoms with Crippen LogP contribution >= 0.6 is 0 Å². The first-order valence-corrected chi connectivity index (χ1v) is 5.97. The Balaban J connectivity index is 2.27. The summed E-state index contributed by atoms with van der Waals surface area (Å²) < 4.78 is 13.0. The molecule has 1 heterocycles. The topological polar surface area (TPSA) is 36.3 Å². The third-order valence-corrected chi connectivity index (χ3v) is 2.63. The Morgan fingerprint density at radius 3 is 2.61 bits per heavy atom. The van der Waals surface area contributed by atoms with Crippen LogP contribution in [0.3, 0.4) is 0 Å². The summed E-state index contributed by atoms with van der Waals surface area (Å²) in [7, 11) is 1.64. The van der Waals surface area contributed by atoms with Crippen LogP contribution in [0.25, 0.3) is 0 Å². The van der Waals surface area contributed by atoms with E-state index in [0.717, 1.165) is 17.2 Å². The summed E-state index contributed by atoms with van der Waals surface area (Å²) in [5.41, 5.74) is 0.946. The number of hydrogen-bond donors (Lipinski definition) is 0. The molecule has 96 valence electrons. The molecule has 0 spiro atoms. The Kier molecular flexibility index (Phi) is 3.55. The van der Waals surface area contributed by atoms with Gasteiger partial charge in [-0.1, -0.05) is 6.07 Å². The molecule has 0 bridgehead atoms. The van der Waals surface area contributed by atoms with E-state index in [2.05, 4.69) is 18.8 Å². The van der Waals surface area contributed by atoms with Crippen LogP contribution in [0.2, 0.25) is 0 Å². The number of aryl methyl sites for hydroxylation is 1. The van der Waals surface area contributed by atoms with Gasteiger partial charge in [0.25, 0.3) is 0 Å². The molecule has 18 heavy (non-hydrogen) atoms. The molecular weight excluding hydrogens is 228 g/mol. The van der Waals surface area contributed by atoms with Crippen molar-refractivity contribution >= 4 is 0 Å². The first kappa shape index (κ1) is 12.5. The molecule has 0 radical (unpaired) electrons. The highest BCUT2D eigenvalue weighted by atomic mass is 16.5. The number of nitrogens with zero attached hydrogens (tertiary/aromatic N) is 2. The van der Waals surface area contributed by atoms with Crippen LogP contribution in [0.5, 0.6) is 17.5 Å². The normalized spacial score (nSPS) is 10.7. The molecule has 0 atom stereocenters. The highest BCUT2D eigenvalue weighted by molar-refractivity contribution is 5.34. The van der Waals surface area contributed by atoms with Crippen LogP contribution in [0.4, 0.5) is 0 Å². The van der Waals surface area contributed by atoms with E-state index in [1.54, 1.807) is 7.11 Å². The lowest BCUT2D eigenvalue weighted by Crippen LogP contribution is -2.02. The van der Waals surface area contributed by atoms with Crippen LogP contribution in [0.1, 0.15) is 25.6 Å². The smallest absolute Gasteiger partial charge is 0.302 e. The Morgan fingerprint density at radius 2 is 1.94 bits per heavy atom. The largest absolute Gasteiger partial charge is 0.497 e. The van der Waals surface area contributed by atoms with Gasteiger partial charge in [0.2, 0.25) is 0 Å². The molecule has 1 aromatic heterocycles.